The molecule has 452 valence electrons. The fraction of sp³-hybridized carbons (Fsp3) is 0.424. The van der Waals surface area contributed by atoms with E-state index in [0.717, 1.165) is 12.2 Å². The minimum absolute atomic E-state index is 0.0962. The molecule has 0 saturated carbocycles. The third kappa shape index (κ3) is 8.83. The molecule has 6 N–H and O–H groups in total. The van der Waals surface area contributed by atoms with Crippen molar-refractivity contribution in [1.29, 1.82) is 0 Å². The van der Waals surface area contributed by atoms with Crippen LogP contribution in [0.25, 0.3) is 0 Å². The molecule has 0 aromatic heterocycles. The predicted molar refractivity (Wildman–Crippen MR) is 304 cm³/mol. The summed E-state index contributed by atoms with van der Waals surface area (Å²) in [7, 11) is 0. The van der Waals surface area contributed by atoms with E-state index in [0.29, 0.717) is 23.7 Å². The Bertz CT molecular complexity index is 3430. The summed E-state index contributed by atoms with van der Waals surface area (Å²) in [6.07, 6.45) is 18.1. The lowest BCUT2D eigenvalue weighted by atomic mass is 9.60. The summed E-state index contributed by atoms with van der Waals surface area (Å²) in [6.45, 7) is 14.2. The molecule has 0 aromatic rings. The molecule has 4 spiro atoms. The number of fused-ring (bicyclic) bond motifs is 4. The second-order valence-corrected chi connectivity index (χ2v) is 25.1. The van der Waals surface area contributed by atoms with E-state index in [1.54, 1.807) is 27.7 Å². The van der Waals surface area contributed by atoms with Crippen LogP contribution in [-0.4, -0.2) is 126 Å². The van der Waals surface area contributed by atoms with Crippen molar-refractivity contribution in [2.24, 2.45) is 45.3 Å². The van der Waals surface area contributed by atoms with Crippen molar-refractivity contribution >= 4 is 59.6 Å². The standard InChI is InChI=1S/C66H68O20/c1-33-13-11-17-59(7)25-39(29-67)35(3)21-63(59)51(75)45(55(79)83-63)44(72)16-20-62(10)28-42(32-70)38(6)24-66(62)54(78)48(58(82)86-66)50(74)34(2)14-12-18-60(8)26-40(30-68)36(4)22-64(60)52(76)46(56(80)84-64)43(71)15-19-61(9)27-41(31-69)37(5)23-65(61)53(77)47(49(33)73)57(81)85-65/h11-20,25-28,31-32,35-38,67-68,71-74H,21-24,29-30H2,1-10H3/b17-11+,18-12+,19-15+,20-16+,33-13-,34-14-,45-44-,46-43-,49-47-,50-48+. The first-order chi connectivity index (χ1) is 40.2. The van der Waals surface area contributed by atoms with E-state index in [4.69, 9.17) is 18.9 Å². The molecule has 8 bridgehead atoms. The van der Waals surface area contributed by atoms with E-state index in [-0.39, 0.29) is 48.0 Å². The average molecular weight is 1180 g/mol. The van der Waals surface area contributed by atoms with Crippen LogP contribution < -0.4 is 0 Å². The van der Waals surface area contributed by atoms with Crippen molar-refractivity contribution < 1.29 is 97.5 Å². The van der Waals surface area contributed by atoms with Crippen LogP contribution in [-0.2, 0) is 66.9 Å². The number of carbonyl (C=O) groups is 10. The molecule has 9 aliphatic rings. The molecule has 4 fully saturated rings. The quantitative estimate of drug-likeness (QED) is 0.0537. The molecule has 5 aliphatic carbocycles. The van der Waals surface area contributed by atoms with Crippen molar-refractivity contribution in [3.63, 3.8) is 0 Å². The van der Waals surface area contributed by atoms with Gasteiger partial charge in [-0.2, -0.15) is 0 Å². The smallest absolute Gasteiger partial charge is 0.346 e. The molecule has 0 aromatic carbocycles. The zero-order valence-electron chi connectivity index (χ0n) is 49.2. The Morgan fingerprint density at radius 3 is 1.02 bits per heavy atom. The number of ether oxygens (including phenoxy) is 4. The van der Waals surface area contributed by atoms with Gasteiger partial charge in [-0.05, 0) is 111 Å². The molecule has 4 saturated heterocycles. The van der Waals surface area contributed by atoms with Gasteiger partial charge in [-0.25, -0.2) is 19.2 Å². The third-order valence-corrected chi connectivity index (χ3v) is 19.5. The van der Waals surface area contributed by atoms with E-state index < -0.39 is 173 Å². The highest BCUT2D eigenvalue weighted by atomic mass is 16.6. The molecule has 4 aliphatic heterocycles. The molecular formula is C66H68O20. The van der Waals surface area contributed by atoms with Crippen molar-refractivity contribution in [2.45, 2.75) is 117 Å². The van der Waals surface area contributed by atoms with Gasteiger partial charge in [0.1, 0.15) is 57.9 Å². The Labute approximate surface area is 495 Å². The van der Waals surface area contributed by atoms with E-state index in [1.807, 2.05) is 0 Å². The number of aliphatic hydroxyl groups is 6. The Balaban J connectivity index is 1.26. The van der Waals surface area contributed by atoms with E-state index in [1.165, 1.54) is 114 Å². The largest absolute Gasteiger partial charge is 0.507 e. The first-order valence-corrected chi connectivity index (χ1v) is 28.2. The maximum atomic E-state index is 15.0. The van der Waals surface area contributed by atoms with Crippen LogP contribution >= 0.6 is 0 Å². The molecule has 0 amide bonds. The van der Waals surface area contributed by atoms with Crippen LogP contribution in [0.3, 0.4) is 0 Å². The summed E-state index contributed by atoms with van der Waals surface area (Å²) in [6, 6.07) is 0. The fourth-order valence-corrected chi connectivity index (χ4v) is 14.0. The Morgan fingerprint density at radius 2 is 0.721 bits per heavy atom. The number of allylic oxidation sites excluding steroid dienone is 10. The number of rotatable bonds is 4. The molecule has 12 unspecified atom stereocenters. The van der Waals surface area contributed by atoms with Gasteiger partial charge in [-0.1, -0.05) is 101 Å². The second kappa shape index (κ2) is 21.1. The van der Waals surface area contributed by atoms with Crippen LogP contribution in [0.1, 0.15) is 94.9 Å². The molecule has 0 radical (unpaired) electrons. The summed E-state index contributed by atoms with van der Waals surface area (Å²) in [5.74, 6) is -15.2. The first kappa shape index (κ1) is 61.9. The van der Waals surface area contributed by atoms with Crippen LogP contribution in [0.2, 0.25) is 0 Å². The number of hydrogen-bond acceptors (Lipinski definition) is 20. The number of ketones is 4. The topological polar surface area (TPSA) is 329 Å². The van der Waals surface area contributed by atoms with Crippen molar-refractivity contribution in [3.8, 4) is 0 Å². The maximum absolute atomic E-state index is 15.0. The summed E-state index contributed by atoms with van der Waals surface area (Å²) < 4.78 is 24.0. The Kier molecular flexibility index (Phi) is 15.2. The maximum Gasteiger partial charge on any atom is 0.346 e. The van der Waals surface area contributed by atoms with Crippen molar-refractivity contribution in [1.82, 2.24) is 0 Å². The van der Waals surface area contributed by atoms with E-state index in [2.05, 4.69) is 0 Å². The highest BCUT2D eigenvalue weighted by molar-refractivity contribution is 6.29. The Hall–Kier alpha value is -8.62. The minimum atomic E-state index is -2.21. The molecule has 4 heterocycles. The molecule has 12 atom stereocenters. The van der Waals surface area contributed by atoms with Gasteiger partial charge in [0.2, 0.25) is 23.1 Å². The highest BCUT2D eigenvalue weighted by Crippen LogP contribution is 2.58. The first-order valence-electron chi connectivity index (χ1n) is 28.2. The van der Waals surface area contributed by atoms with Crippen LogP contribution in [0.15, 0.2) is 164 Å². The summed E-state index contributed by atoms with van der Waals surface area (Å²) in [5.41, 5.74) is -17.8. The van der Waals surface area contributed by atoms with Gasteiger partial charge < -0.3 is 49.6 Å². The summed E-state index contributed by atoms with van der Waals surface area (Å²) in [4.78, 5) is 141. The van der Waals surface area contributed by atoms with Gasteiger partial charge in [0.15, 0.2) is 22.4 Å². The normalized spacial score (nSPS) is 43.8. The zero-order chi connectivity index (χ0) is 63.4. The monoisotopic (exact) mass is 1180 g/mol. The minimum Gasteiger partial charge on any atom is -0.507 e. The number of carbonyl (C=O) groups excluding carboxylic acids is 10. The lowest BCUT2D eigenvalue weighted by molar-refractivity contribution is -0.162. The lowest BCUT2D eigenvalue weighted by Crippen LogP contribution is -2.53. The second-order valence-electron chi connectivity index (χ2n) is 25.1. The fourth-order valence-electron chi connectivity index (χ4n) is 14.0. The average Bonchev–Trinajstić information content (AvgIpc) is 1.52. The lowest BCUT2D eigenvalue weighted by Gasteiger charge is -2.45. The van der Waals surface area contributed by atoms with Gasteiger partial charge in [-0.3, -0.25) is 28.8 Å². The van der Waals surface area contributed by atoms with Gasteiger partial charge in [0.05, 0.1) is 34.9 Å². The van der Waals surface area contributed by atoms with E-state index in [9.17, 15) is 78.6 Å². The molecule has 9 rings (SSSR count). The van der Waals surface area contributed by atoms with E-state index >= 15 is 0 Å². The van der Waals surface area contributed by atoms with Crippen molar-refractivity contribution in [2.75, 3.05) is 13.2 Å². The Morgan fingerprint density at radius 1 is 0.442 bits per heavy atom. The van der Waals surface area contributed by atoms with Gasteiger partial charge in [-0.15, -0.1) is 0 Å². The highest BCUT2D eigenvalue weighted by Gasteiger charge is 2.68. The molecule has 20 nitrogen and oxygen atoms in total. The number of esters is 4. The van der Waals surface area contributed by atoms with Gasteiger partial charge in [0.25, 0.3) is 0 Å². The number of Topliss-reactive ketones (excluding diaryl/α,β-unsaturated/α-hetero) is 4. The van der Waals surface area contributed by atoms with Crippen LogP contribution in [0.4, 0.5) is 0 Å². The SMILES string of the molecule is CC1=C/C=C/C2(C)C=C(CO)C(C)CC23OC(=O)/C(=C(O)/C=C/C2(C)C=C(C=O)C(C)CC24OC(=O)\C(=C(O)/C(C)=C\C=C\C2(C)C=C(CO)C(C)CC25OC(=O)/C(=C(O)/C=C/C2(C)C=C(C=O)C(C)CC26OC(=O)\C(=C\1O)C6=O)C5=O)C4=O)C3=O. The number of aldehydes is 2. The predicted octanol–water partition coefficient (Wildman–Crippen LogP) is 7.10. The number of hydrogen-bond donors (Lipinski definition) is 6. The molecule has 20 heteroatoms. The molecule has 86 heavy (non-hydrogen) atoms. The number of aliphatic hydroxyl groups excluding tert-OH is 6. The zero-order valence-corrected chi connectivity index (χ0v) is 49.2. The summed E-state index contributed by atoms with van der Waals surface area (Å²) >= 11 is 0. The van der Waals surface area contributed by atoms with Crippen LogP contribution in [0.5, 0.6) is 0 Å². The van der Waals surface area contributed by atoms with Gasteiger partial charge in [0, 0.05) is 25.7 Å². The van der Waals surface area contributed by atoms with Gasteiger partial charge >= 0.3 is 23.9 Å². The molecular weight excluding hydrogens is 1110 g/mol. The third-order valence-electron chi connectivity index (χ3n) is 19.5. The van der Waals surface area contributed by atoms with Crippen LogP contribution in [0, 0.1) is 45.3 Å². The summed E-state index contributed by atoms with van der Waals surface area (Å²) in [5, 5.41) is 68.4. The van der Waals surface area contributed by atoms with Crippen molar-refractivity contribution in [3.05, 3.63) is 164 Å².